The Bertz CT molecular complexity index is 597. The molecule has 0 N–H and O–H groups in total. The van der Waals surface area contributed by atoms with Crippen LogP contribution < -0.4 is 0 Å². The molecule has 33 heavy (non-hydrogen) atoms. The maximum absolute atomic E-state index is 6.81. The zero-order valence-corrected chi connectivity index (χ0v) is 29.1. The maximum Gasteiger partial charge on any atom is 0.192 e. The van der Waals surface area contributed by atoms with Crippen molar-refractivity contribution in [2.24, 2.45) is 0 Å². The average Bonchev–Trinajstić information content (AvgIpc) is 2.49. The summed E-state index contributed by atoms with van der Waals surface area (Å²) in [6.45, 7) is 36.8. The minimum absolute atomic E-state index is 0.159. The molecule has 0 amide bonds. The zero-order valence-electron chi connectivity index (χ0n) is 25.1. The summed E-state index contributed by atoms with van der Waals surface area (Å²) < 4.78 is 19.7. The van der Waals surface area contributed by atoms with Gasteiger partial charge in [0.05, 0.1) is 12.2 Å². The summed E-state index contributed by atoms with van der Waals surface area (Å²) >= 11 is 0. The van der Waals surface area contributed by atoms with Gasteiger partial charge in [0.15, 0.2) is 33.3 Å². The molecule has 0 aliphatic carbocycles. The van der Waals surface area contributed by atoms with Crippen molar-refractivity contribution in [2.45, 2.75) is 142 Å². The first-order valence-electron chi connectivity index (χ1n) is 12.8. The van der Waals surface area contributed by atoms with Crippen LogP contribution in [0.1, 0.15) is 55.4 Å². The first-order valence-corrected chi connectivity index (χ1v) is 24.8. The van der Waals surface area contributed by atoms with Crippen LogP contribution in [-0.4, -0.2) is 45.5 Å². The van der Waals surface area contributed by atoms with Crippen LogP contribution in [0.4, 0.5) is 0 Å². The molecule has 7 heteroatoms. The van der Waals surface area contributed by atoms with E-state index in [9.17, 15) is 0 Å². The third-order valence-electron chi connectivity index (χ3n) is 7.16. The van der Waals surface area contributed by atoms with E-state index in [4.69, 9.17) is 13.0 Å². The van der Waals surface area contributed by atoms with Crippen molar-refractivity contribution in [1.82, 2.24) is 0 Å². The van der Waals surface area contributed by atoms with Gasteiger partial charge in [0.2, 0.25) is 0 Å². The van der Waals surface area contributed by atoms with Gasteiger partial charge >= 0.3 is 0 Å². The van der Waals surface area contributed by atoms with E-state index in [1.165, 1.54) is 0 Å². The van der Waals surface area contributed by atoms with Crippen LogP contribution in [0.2, 0.25) is 74.5 Å². The van der Waals surface area contributed by atoms with Crippen molar-refractivity contribution < 1.29 is 13.0 Å². The standard InChI is InChI=1S/C26H58O3Si4/c1-23(27-32(13,14)25(3,4)5)19-17-21-30(9,10)29-31(11,12)22-18-20-24(2)28-33(15,16)26(6,7)8/h17-20,23-24H,21-22H2,1-16H3/b19-17+,20-18+/t23-,24-/m1/s1. The van der Waals surface area contributed by atoms with Crippen LogP contribution in [0.3, 0.4) is 0 Å². The Kier molecular flexibility index (Phi) is 12.1. The molecule has 0 spiro atoms. The third-order valence-corrected chi connectivity index (χ3v) is 23.2. The van der Waals surface area contributed by atoms with Gasteiger partial charge in [-0.25, -0.2) is 0 Å². The number of hydrogen-bond donors (Lipinski definition) is 0. The van der Waals surface area contributed by atoms with Gasteiger partial charge in [-0.05, 0) is 88.4 Å². The molecule has 0 saturated carbocycles. The van der Waals surface area contributed by atoms with Crippen molar-refractivity contribution in [1.29, 1.82) is 0 Å². The molecular weight excluding hydrogens is 473 g/mol. The lowest BCUT2D eigenvalue weighted by Crippen LogP contribution is -2.44. The summed E-state index contributed by atoms with van der Waals surface area (Å²) in [5, 5.41) is 0.477. The van der Waals surface area contributed by atoms with Gasteiger partial charge in [-0.2, -0.15) is 0 Å². The second kappa shape index (κ2) is 12.0. The molecule has 0 radical (unpaired) electrons. The fraction of sp³-hybridized carbons (Fsp3) is 0.846. The highest BCUT2D eigenvalue weighted by molar-refractivity contribution is 6.85. The van der Waals surface area contributed by atoms with Gasteiger partial charge in [-0.3, -0.25) is 0 Å². The number of hydrogen-bond acceptors (Lipinski definition) is 3. The van der Waals surface area contributed by atoms with Gasteiger partial charge in [0, 0.05) is 0 Å². The number of allylic oxidation sites excluding steroid dienone is 2. The zero-order chi connectivity index (χ0) is 26.5. The fourth-order valence-electron chi connectivity index (χ4n) is 3.28. The molecule has 3 nitrogen and oxygen atoms in total. The van der Waals surface area contributed by atoms with E-state index in [1.54, 1.807) is 0 Å². The number of rotatable bonds is 12. The largest absolute Gasteiger partial charge is 0.455 e. The van der Waals surface area contributed by atoms with Crippen molar-refractivity contribution in [2.75, 3.05) is 0 Å². The summed E-state index contributed by atoms with van der Waals surface area (Å²) in [6, 6.07) is 2.06. The van der Waals surface area contributed by atoms with Gasteiger partial charge in [0.25, 0.3) is 0 Å². The SMILES string of the molecule is C[C@H](/C=C/C[Si](C)(C)O[Si](C)(C)C/C=C/[C@@H](C)O[Si](C)(C)C(C)(C)C)O[Si](C)(C)C(C)(C)C. The molecule has 0 fully saturated rings. The molecule has 0 unspecified atom stereocenters. The minimum atomic E-state index is -1.77. The van der Waals surface area contributed by atoms with E-state index in [0.29, 0.717) is 0 Å². The van der Waals surface area contributed by atoms with Gasteiger partial charge < -0.3 is 13.0 Å². The summed E-state index contributed by atoms with van der Waals surface area (Å²) in [5.74, 6) is 0. The molecule has 0 aromatic rings. The van der Waals surface area contributed by atoms with Gasteiger partial charge in [0.1, 0.15) is 0 Å². The minimum Gasteiger partial charge on any atom is -0.455 e. The molecule has 196 valence electrons. The lowest BCUT2D eigenvalue weighted by atomic mass is 10.2. The molecule has 0 bridgehead atoms. The highest BCUT2D eigenvalue weighted by Crippen LogP contribution is 2.38. The summed E-state index contributed by atoms with van der Waals surface area (Å²) in [4.78, 5) is 0. The van der Waals surface area contributed by atoms with E-state index in [0.717, 1.165) is 12.1 Å². The molecule has 0 heterocycles. The van der Waals surface area contributed by atoms with Crippen LogP contribution >= 0.6 is 0 Å². The summed E-state index contributed by atoms with van der Waals surface area (Å²) in [6.07, 6.45) is 9.41. The predicted octanol–water partition coefficient (Wildman–Crippen LogP) is 9.35. The highest BCUT2D eigenvalue weighted by Gasteiger charge is 2.39. The lowest BCUT2D eigenvalue weighted by Gasteiger charge is -2.38. The smallest absolute Gasteiger partial charge is 0.192 e. The predicted molar refractivity (Wildman–Crippen MR) is 159 cm³/mol. The molecule has 2 atom stereocenters. The third kappa shape index (κ3) is 12.7. The Labute approximate surface area is 212 Å². The van der Waals surface area contributed by atoms with Crippen molar-refractivity contribution >= 4 is 33.3 Å². The topological polar surface area (TPSA) is 27.7 Å². The molecule has 0 rings (SSSR count). The van der Waals surface area contributed by atoms with Crippen molar-refractivity contribution in [3.63, 3.8) is 0 Å². The summed E-state index contributed by atoms with van der Waals surface area (Å²) in [7, 11) is -7.00. The van der Waals surface area contributed by atoms with E-state index < -0.39 is 33.3 Å². The monoisotopic (exact) mass is 530 g/mol. The Hall–Kier alpha value is 0.228. The first-order chi connectivity index (χ1) is 14.4. The van der Waals surface area contributed by atoms with E-state index in [-0.39, 0.29) is 22.3 Å². The van der Waals surface area contributed by atoms with Crippen molar-refractivity contribution in [3.8, 4) is 0 Å². The maximum atomic E-state index is 6.81. The van der Waals surface area contributed by atoms with E-state index >= 15 is 0 Å². The Morgan fingerprint density at radius 1 is 0.576 bits per heavy atom. The van der Waals surface area contributed by atoms with Crippen LogP contribution in [0, 0.1) is 0 Å². The quantitative estimate of drug-likeness (QED) is 0.186. The molecule has 0 aromatic carbocycles. The van der Waals surface area contributed by atoms with Gasteiger partial charge in [-0.15, -0.1) is 0 Å². The molecule has 0 aromatic heterocycles. The fourth-order valence-corrected chi connectivity index (χ4v) is 14.1. The Morgan fingerprint density at radius 2 is 0.848 bits per heavy atom. The normalized spacial score (nSPS) is 17.2. The average molecular weight is 531 g/mol. The summed E-state index contributed by atoms with van der Waals surface area (Å²) in [5.41, 5.74) is 0. The Morgan fingerprint density at radius 3 is 1.09 bits per heavy atom. The Balaban J connectivity index is 4.81. The van der Waals surface area contributed by atoms with E-state index in [2.05, 4.69) is 132 Å². The molecule has 0 aliphatic heterocycles. The molecular formula is C26H58O3Si4. The highest BCUT2D eigenvalue weighted by atomic mass is 28.4. The second-order valence-electron chi connectivity index (χ2n) is 14.1. The van der Waals surface area contributed by atoms with Crippen LogP contribution in [0.25, 0.3) is 0 Å². The van der Waals surface area contributed by atoms with Crippen LogP contribution in [0.15, 0.2) is 24.3 Å². The molecule has 0 aliphatic rings. The second-order valence-corrected chi connectivity index (χ2v) is 32.2. The van der Waals surface area contributed by atoms with Gasteiger partial charge in [-0.1, -0.05) is 65.8 Å². The van der Waals surface area contributed by atoms with Crippen molar-refractivity contribution in [3.05, 3.63) is 24.3 Å². The van der Waals surface area contributed by atoms with Crippen LogP contribution in [0.5, 0.6) is 0 Å². The van der Waals surface area contributed by atoms with E-state index in [1.807, 2.05) is 0 Å². The lowest BCUT2D eigenvalue weighted by molar-refractivity contribution is 0.243. The van der Waals surface area contributed by atoms with Crippen LogP contribution in [-0.2, 0) is 13.0 Å². The first kappa shape index (κ1) is 33.2. The molecule has 0 saturated heterocycles.